The van der Waals surface area contributed by atoms with E-state index in [-0.39, 0.29) is 11.9 Å². The molecule has 0 aliphatic carbocycles. The molecule has 1 amide bonds. The van der Waals surface area contributed by atoms with Crippen LogP contribution in [0.15, 0.2) is 0 Å². The van der Waals surface area contributed by atoms with Gasteiger partial charge in [0.2, 0.25) is 5.91 Å². The minimum Gasteiger partial charge on any atom is -0.354 e. The Morgan fingerprint density at radius 1 is 1.31 bits per heavy atom. The van der Waals surface area contributed by atoms with E-state index in [1.807, 2.05) is 0 Å². The topological polar surface area (TPSA) is 41.1 Å². The van der Waals surface area contributed by atoms with E-state index in [1.54, 1.807) is 0 Å². The molecule has 94 valence electrons. The molecule has 1 aliphatic heterocycles. The van der Waals surface area contributed by atoms with E-state index in [0.717, 1.165) is 25.9 Å². The van der Waals surface area contributed by atoms with Crippen LogP contribution in [0.5, 0.6) is 0 Å². The largest absolute Gasteiger partial charge is 0.354 e. The van der Waals surface area contributed by atoms with Crippen LogP contribution >= 0.6 is 0 Å². The minimum absolute atomic E-state index is 0.0555. The van der Waals surface area contributed by atoms with Gasteiger partial charge in [-0.05, 0) is 37.1 Å². The molecule has 1 heterocycles. The fourth-order valence-corrected chi connectivity index (χ4v) is 2.49. The molecule has 0 aromatic heterocycles. The van der Waals surface area contributed by atoms with E-state index in [0.29, 0.717) is 17.8 Å². The highest BCUT2D eigenvalue weighted by Gasteiger charge is 2.24. The maximum absolute atomic E-state index is 11.8. The summed E-state index contributed by atoms with van der Waals surface area (Å²) in [7, 11) is 0. The summed E-state index contributed by atoms with van der Waals surface area (Å²) in [6.07, 6.45) is 2.11. The lowest BCUT2D eigenvalue weighted by molar-refractivity contribution is -0.123. The molecule has 0 bridgehead atoms. The molecule has 1 rings (SSSR count). The van der Waals surface area contributed by atoms with Gasteiger partial charge < -0.3 is 10.6 Å². The normalized spacial score (nSPS) is 21.1. The highest BCUT2D eigenvalue weighted by molar-refractivity contribution is 5.81. The Hall–Kier alpha value is -0.570. The molecule has 1 aliphatic rings. The van der Waals surface area contributed by atoms with E-state index in [4.69, 9.17) is 0 Å². The van der Waals surface area contributed by atoms with Crippen LogP contribution in [0.25, 0.3) is 0 Å². The number of carbonyl (C=O) groups is 1. The quantitative estimate of drug-likeness (QED) is 0.750. The molecule has 1 fully saturated rings. The molecule has 2 N–H and O–H groups in total. The maximum Gasteiger partial charge on any atom is 0.237 e. The van der Waals surface area contributed by atoms with Crippen molar-refractivity contribution in [1.29, 1.82) is 0 Å². The molecular weight excluding hydrogens is 200 g/mol. The van der Waals surface area contributed by atoms with Gasteiger partial charge in [-0.25, -0.2) is 0 Å². The summed E-state index contributed by atoms with van der Waals surface area (Å²) in [4.78, 5) is 11.8. The molecule has 3 heteroatoms. The lowest BCUT2D eigenvalue weighted by Crippen LogP contribution is -2.43. The molecule has 16 heavy (non-hydrogen) atoms. The van der Waals surface area contributed by atoms with Crippen molar-refractivity contribution in [3.63, 3.8) is 0 Å². The molecule has 0 radical (unpaired) electrons. The zero-order valence-electron chi connectivity index (χ0n) is 11.0. The van der Waals surface area contributed by atoms with Crippen LogP contribution < -0.4 is 10.6 Å². The zero-order valence-corrected chi connectivity index (χ0v) is 11.0. The van der Waals surface area contributed by atoms with Crippen LogP contribution in [0.4, 0.5) is 0 Å². The van der Waals surface area contributed by atoms with Crippen LogP contribution in [-0.2, 0) is 4.79 Å². The van der Waals surface area contributed by atoms with Gasteiger partial charge in [-0.2, -0.15) is 0 Å². The van der Waals surface area contributed by atoms with Crippen molar-refractivity contribution >= 4 is 5.91 Å². The molecular formula is C13H26N2O. The van der Waals surface area contributed by atoms with Crippen LogP contribution in [0.1, 0.15) is 40.5 Å². The first-order valence-corrected chi connectivity index (χ1v) is 6.53. The molecule has 0 saturated carbocycles. The molecule has 1 atom stereocenters. The van der Waals surface area contributed by atoms with Crippen molar-refractivity contribution < 1.29 is 4.79 Å². The first kappa shape index (κ1) is 13.5. The molecule has 1 saturated heterocycles. The summed E-state index contributed by atoms with van der Waals surface area (Å²) >= 11 is 0. The molecule has 0 aromatic rings. The Morgan fingerprint density at radius 3 is 2.38 bits per heavy atom. The Bertz CT molecular complexity index is 212. The smallest absolute Gasteiger partial charge is 0.237 e. The number of carbonyl (C=O) groups excluding carboxylic acids is 1. The van der Waals surface area contributed by atoms with Crippen LogP contribution in [-0.4, -0.2) is 25.0 Å². The average molecular weight is 226 g/mol. The maximum atomic E-state index is 11.8. The molecule has 0 spiro atoms. The zero-order chi connectivity index (χ0) is 12.1. The highest BCUT2D eigenvalue weighted by Crippen LogP contribution is 2.19. The first-order chi connectivity index (χ1) is 7.52. The molecule has 0 unspecified atom stereocenters. The molecule has 0 aromatic carbocycles. The van der Waals surface area contributed by atoms with E-state index in [2.05, 4.69) is 38.3 Å². The van der Waals surface area contributed by atoms with Gasteiger partial charge in [-0.15, -0.1) is 0 Å². The molecule has 3 nitrogen and oxygen atoms in total. The Kier molecular flexibility index (Phi) is 5.26. The van der Waals surface area contributed by atoms with Crippen molar-refractivity contribution in [2.24, 2.45) is 17.8 Å². The minimum atomic E-state index is 0.0555. The Morgan fingerprint density at radius 2 is 1.94 bits per heavy atom. The lowest BCUT2D eigenvalue weighted by atomic mass is 9.85. The van der Waals surface area contributed by atoms with E-state index >= 15 is 0 Å². The van der Waals surface area contributed by atoms with Crippen molar-refractivity contribution in [3.8, 4) is 0 Å². The monoisotopic (exact) mass is 226 g/mol. The summed E-state index contributed by atoms with van der Waals surface area (Å²) < 4.78 is 0. The average Bonchev–Trinajstić information content (AvgIpc) is 2.69. The van der Waals surface area contributed by atoms with Gasteiger partial charge >= 0.3 is 0 Å². The fourth-order valence-electron chi connectivity index (χ4n) is 2.49. The Balaban J connectivity index is 2.33. The second kappa shape index (κ2) is 6.24. The second-order valence-corrected chi connectivity index (χ2v) is 5.55. The number of amides is 1. The summed E-state index contributed by atoms with van der Waals surface area (Å²) in [5.74, 6) is 2.00. The number of hydrogen-bond donors (Lipinski definition) is 2. The van der Waals surface area contributed by atoms with Gasteiger partial charge in [0.05, 0.1) is 6.04 Å². The Labute approximate surface area is 99.4 Å². The predicted octanol–water partition coefficient (Wildman–Crippen LogP) is 1.78. The van der Waals surface area contributed by atoms with Crippen molar-refractivity contribution in [2.75, 3.05) is 13.1 Å². The first-order valence-electron chi connectivity index (χ1n) is 6.53. The number of nitrogens with one attached hydrogen (secondary N) is 2. The highest BCUT2D eigenvalue weighted by atomic mass is 16.2. The summed E-state index contributed by atoms with van der Waals surface area (Å²) in [6.45, 7) is 10.7. The van der Waals surface area contributed by atoms with Gasteiger partial charge in [0.1, 0.15) is 0 Å². The van der Waals surface area contributed by atoms with Crippen LogP contribution in [0.3, 0.4) is 0 Å². The summed E-state index contributed by atoms with van der Waals surface area (Å²) in [5, 5.41) is 6.31. The van der Waals surface area contributed by atoms with Crippen molar-refractivity contribution in [1.82, 2.24) is 10.6 Å². The summed E-state index contributed by atoms with van der Waals surface area (Å²) in [6, 6.07) is 0.0555. The van der Waals surface area contributed by atoms with E-state index in [1.165, 1.54) is 0 Å². The predicted molar refractivity (Wildman–Crippen MR) is 67.2 cm³/mol. The van der Waals surface area contributed by atoms with Gasteiger partial charge in [-0.1, -0.05) is 27.7 Å². The second-order valence-electron chi connectivity index (χ2n) is 5.55. The van der Waals surface area contributed by atoms with Gasteiger partial charge in [0.25, 0.3) is 0 Å². The standard InChI is InChI=1S/C13H26N2O/c1-9(2)11(10(3)4)8-15-13(16)12-6-5-7-14-12/h9-12,14H,5-8H2,1-4H3,(H,15,16)/t12-/m1/s1. The van der Waals surface area contributed by atoms with Crippen molar-refractivity contribution in [3.05, 3.63) is 0 Å². The SMILES string of the molecule is CC(C)C(CNC(=O)[C@H]1CCCN1)C(C)C. The van der Waals surface area contributed by atoms with Crippen LogP contribution in [0, 0.1) is 17.8 Å². The summed E-state index contributed by atoms with van der Waals surface area (Å²) in [5.41, 5.74) is 0. The third-order valence-electron chi connectivity index (χ3n) is 3.60. The van der Waals surface area contributed by atoms with Crippen LogP contribution in [0.2, 0.25) is 0 Å². The van der Waals surface area contributed by atoms with E-state index < -0.39 is 0 Å². The van der Waals surface area contributed by atoms with Crippen molar-refractivity contribution in [2.45, 2.75) is 46.6 Å². The lowest BCUT2D eigenvalue weighted by Gasteiger charge is -2.25. The fraction of sp³-hybridized carbons (Fsp3) is 0.923. The third-order valence-corrected chi connectivity index (χ3v) is 3.60. The number of rotatable bonds is 5. The van der Waals surface area contributed by atoms with Gasteiger partial charge in [0.15, 0.2) is 0 Å². The third kappa shape index (κ3) is 3.78. The number of hydrogen-bond acceptors (Lipinski definition) is 2. The van der Waals surface area contributed by atoms with Gasteiger partial charge in [0, 0.05) is 6.54 Å². The van der Waals surface area contributed by atoms with Gasteiger partial charge in [-0.3, -0.25) is 4.79 Å². The van der Waals surface area contributed by atoms with E-state index in [9.17, 15) is 4.79 Å².